The van der Waals surface area contributed by atoms with E-state index < -0.39 is 0 Å². The summed E-state index contributed by atoms with van der Waals surface area (Å²) in [6.07, 6.45) is 17.0. The lowest BCUT2D eigenvalue weighted by Crippen LogP contribution is -2.45. The molecular formula is C19H22N2S. The molecule has 0 N–H and O–H groups in total. The lowest BCUT2D eigenvalue weighted by Gasteiger charge is -2.42. The fourth-order valence-corrected chi connectivity index (χ4v) is 5.69. The molecule has 114 valence electrons. The molecule has 4 aliphatic rings. The lowest BCUT2D eigenvalue weighted by molar-refractivity contribution is 0.0958. The van der Waals surface area contributed by atoms with Gasteiger partial charge in [0.15, 0.2) is 0 Å². The third-order valence-electron chi connectivity index (χ3n) is 5.73. The van der Waals surface area contributed by atoms with Gasteiger partial charge in [0, 0.05) is 18.5 Å². The van der Waals surface area contributed by atoms with Crippen LogP contribution in [0.1, 0.15) is 49.5 Å². The fourth-order valence-electron chi connectivity index (χ4n) is 4.52. The number of thiazole rings is 1. The van der Waals surface area contributed by atoms with Crippen LogP contribution in [0.3, 0.4) is 0 Å². The Labute approximate surface area is 135 Å². The largest absolute Gasteiger partial charge is 0.300 e. The molecule has 22 heavy (non-hydrogen) atoms. The molecule has 3 heteroatoms. The van der Waals surface area contributed by atoms with Crippen LogP contribution in [0.15, 0.2) is 23.8 Å². The highest BCUT2D eigenvalue weighted by molar-refractivity contribution is 7.09. The van der Waals surface area contributed by atoms with Crippen molar-refractivity contribution in [3.63, 3.8) is 0 Å². The Morgan fingerprint density at radius 1 is 1.18 bits per heavy atom. The monoisotopic (exact) mass is 310 g/mol. The number of rotatable bonds is 1. The van der Waals surface area contributed by atoms with Gasteiger partial charge in [-0.2, -0.15) is 0 Å². The molecule has 2 nitrogen and oxygen atoms in total. The SMILES string of the molecule is C1=CCC2=c3nc([C@@H]4CC[C@H]5CCCCN5C4)sc3=CC2=C1. The highest BCUT2D eigenvalue weighted by atomic mass is 32.1. The topological polar surface area (TPSA) is 16.1 Å². The standard InChI is InChI=1S/C19H22N2S/c1-2-7-16-13(5-1)11-17-18(16)20-19(22-17)14-8-9-15-6-3-4-10-21(15)12-14/h1-2,5,11,14-15H,3-4,6-10,12H2/t14-,15-/m1/s1. The molecule has 2 fully saturated rings. The van der Waals surface area contributed by atoms with Crippen LogP contribution < -0.4 is 9.88 Å². The van der Waals surface area contributed by atoms with Gasteiger partial charge < -0.3 is 0 Å². The molecule has 0 bridgehead atoms. The van der Waals surface area contributed by atoms with E-state index in [1.165, 1.54) is 71.2 Å². The van der Waals surface area contributed by atoms with Crippen molar-refractivity contribution in [1.29, 1.82) is 0 Å². The molecule has 2 atom stereocenters. The normalized spacial score (nSPS) is 30.4. The van der Waals surface area contributed by atoms with Gasteiger partial charge in [-0.05, 0) is 55.9 Å². The van der Waals surface area contributed by atoms with Crippen molar-refractivity contribution in [3.05, 3.63) is 38.7 Å². The van der Waals surface area contributed by atoms with Gasteiger partial charge in [0.05, 0.1) is 14.9 Å². The number of nitrogens with zero attached hydrogens (tertiary/aromatic N) is 2. The van der Waals surface area contributed by atoms with Crippen molar-refractivity contribution in [1.82, 2.24) is 9.88 Å². The van der Waals surface area contributed by atoms with E-state index in [0.29, 0.717) is 5.92 Å². The Morgan fingerprint density at radius 3 is 3.18 bits per heavy atom. The van der Waals surface area contributed by atoms with E-state index in [1.54, 1.807) is 0 Å². The summed E-state index contributed by atoms with van der Waals surface area (Å²) < 4.78 is 1.40. The Hall–Kier alpha value is -1.19. The maximum Gasteiger partial charge on any atom is 0.0982 e. The van der Waals surface area contributed by atoms with Crippen LogP contribution in [0.4, 0.5) is 0 Å². The minimum atomic E-state index is 0.672. The maximum atomic E-state index is 5.09. The maximum absolute atomic E-state index is 5.09. The predicted octanol–water partition coefficient (Wildman–Crippen LogP) is 2.71. The quantitative estimate of drug-likeness (QED) is 0.793. The summed E-state index contributed by atoms with van der Waals surface area (Å²) in [7, 11) is 0. The van der Waals surface area contributed by atoms with Gasteiger partial charge in [-0.3, -0.25) is 4.90 Å². The Morgan fingerprint density at radius 2 is 2.18 bits per heavy atom. The Bertz CT molecular complexity index is 783. The zero-order valence-electron chi connectivity index (χ0n) is 12.9. The van der Waals surface area contributed by atoms with E-state index >= 15 is 0 Å². The van der Waals surface area contributed by atoms with Crippen LogP contribution in [0.25, 0.3) is 11.6 Å². The van der Waals surface area contributed by atoms with Crippen LogP contribution in [0, 0.1) is 0 Å². The second kappa shape index (κ2) is 5.17. The van der Waals surface area contributed by atoms with Gasteiger partial charge >= 0.3 is 0 Å². The second-order valence-electron chi connectivity index (χ2n) is 7.06. The fraction of sp³-hybridized carbons (Fsp3) is 0.526. The van der Waals surface area contributed by atoms with E-state index in [2.05, 4.69) is 29.2 Å². The van der Waals surface area contributed by atoms with Gasteiger partial charge in [0.25, 0.3) is 0 Å². The van der Waals surface area contributed by atoms with Crippen molar-refractivity contribution >= 4 is 23.0 Å². The number of allylic oxidation sites excluding steroid dienone is 4. The lowest BCUT2D eigenvalue weighted by atomic mass is 9.88. The van der Waals surface area contributed by atoms with E-state index in [1.807, 2.05) is 11.3 Å². The van der Waals surface area contributed by atoms with Crippen molar-refractivity contribution in [2.75, 3.05) is 13.1 Å². The van der Waals surface area contributed by atoms with Gasteiger partial charge in [-0.25, -0.2) is 4.98 Å². The van der Waals surface area contributed by atoms with E-state index in [9.17, 15) is 0 Å². The average Bonchev–Trinajstić information content (AvgIpc) is 3.12. The average molecular weight is 310 g/mol. The number of piperidine rings is 2. The van der Waals surface area contributed by atoms with Crippen LogP contribution in [-0.4, -0.2) is 29.0 Å². The molecular weight excluding hydrogens is 288 g/mol. The number of hydrogen-bond donors (Lipinski definition) is 0. The van der Waals surface area contributed by atoms with Gasteiger partial charge in [0.1, 0.15) is 0 Å². The molecule has 5 rings (SSSR count). The van der Waals surface area contributed by atoms with Crippen molar-refractivity contribution in [2.45, 2.75) is 50.5 Å². The molecule has 0 radical (unpaired) electrons. The van der Waals surface area contributed by atoms with Crippen molar-refractivity contribution < 1.29 is 0 Å². The Balaban J connectivity index is 1.46. The number of fused-ring (bicyclic) bond motifs is 3. The molecule has 1 aromatic rings. The molecule has 0 aromatic carbocycles. The molecule has 2 aliphatic heterocycles. The number of hydrogen-bond acceptors (Lipinski definition) is 3. The summed E-state index contributed by atoms with van der Waals surface area (Å²) in [6, 6.07) is 0.871. The van der Waals surface area contributed by atoms with E-state index in [4.69, 9.17) is 4.98 Å². The first-order valence-electron chi connectivity index (χ1n) is 8.71. The zero-order valence-corrected chi connectivity index (χ0v) is 13.7. The third-order valence-corrected chi connectivity index (χ3v) is 6.89. The smallest absolute Gasteiger partial charge is 0.0982 e. The molecule has 1 aromatic heterocycles. The minimum absolute atomic E-state index is 0.672. The minimum Gasteiger partial charge on any atom is -0.300 e. The zero-order chi connectivity index (χ0) is 14.5. The highest BCUT2D eigenvalue weighted by Crippen LogP contribution is 2.34. The van der Waals surface area contributed by atoms with E-state index in [-0.39, 0.29) is 0 Å². The van der Waals surface area contributed by atoms with Gasteiger partial charge in [0.2, 0.25) is 0 Å². The van der Waals surface area contributed by atoms with Crippen LogP contribution >= 0.6 is 11.3 Å². The van der Waals surface area contributed by atoms with E-state index in [0.717, 1.165) is 12.5 Å². The summed E-state index contributed by atoms with van der Waals surface area (Å²) in [4.78, 5) is 7.83. The molecule has 3 heterocycles. The predicted molar refractivity (Wildman–Crippen MR) is 92.3 cm³/mol. The first-order chi connectivity index (χ1) is 10.9. The highest BCUT2D eigenvalue weighted by Gasteiger charge is 2.32. The summed E-state index contributed by atoms with van der Waals surface area (Å²) in [5.41, 5.74) is 2.84. The first-order valence-corrected chi connectivity index (χ1v) is 9.53. The van der Waals surface area contributed by atoms with Crippen LogP contribution in [0.2, 0.25) is 0 Å². The summed E-state index contributed by atoms with van der Waals surface area (Å²) in [5.74, 6) is 0.672. The third kappa shape index (κ3) is 2.06. The van der Waals surface area contributed by atoms with Gasteiger partial charge in [-0.15, -0.1) is 11.3 Å². The van der Waals surface area contributed by atoms with Crippen molar-refractivity contribution in [3.8, 4) is 0 Å². The summed E-state index contributed by atoms with van der Waals surface area (Å²) in [5, 5.41) is 2.68. The first kappa shape index (κ1) is 13.3. The summed E-state index contributed by atoms with van der Waals surface area (Å²) >= 11 is 1.95. The van der Waals surface area contributed by atoms with Crippen LogP contribution in [0.5, 0.6) is 0 Å². The molecule has 0 amide bonds. The molecule has 0 spiro atoms. The Kier molecular flexibility index (Phi) is 3.12. The second-order valence-corrected chi connectivity index (χ2v) is 8.12. The molecule has 2 aliphatic carbocycles. The summed E-state index contributed by atoms with van der Waals surface area (Å²) in [6.45, 7) is 2.56. The number of aromatic nitrogens is 1. The van der Waals surface area contributed by atoms with Crippen LogP contribution in [-0.2, 0) is 0 Å². The molecule has 0 unspecified atom stereocenters. The molecule has 2 saturated heterocycles. The molecule has 0 saturated carbocycles. The van der Waals surface area contributed by atoms with Gasteiger partial charge in [-0.1, -0.05) is 24.6 Å². The van der Waals surface area contributed by atoms with Crippen molar-refractivity contribution in [2.24, 2.45) is 0 Å².